The fourth-order valence-corrected chi connectivity index (χ4v) is 5.44. The lowest BCUT2D eigenvalue weighted by molar-refractivity contribution is -0.138. The molecule has 0 fully saturated rings. The van der Waals surface area contributed by atoms with Crippen LogP contribution in [0.5, 0.6) is 11.5 Å². The Morgan fingerprint density at radius 2 is 2.02 bits per heavy atom. The molecule has 0 saturated heterocycles. The number of nitrogens with one attached hydrogen (secondary N) is 1. The molecule has 0 radical (unpaired) electrons. The van der Waals surface area contributed by atoms with Gasteiger partial charge in [-0.15, -0.1) is 6.58 Å². The number of aliphatic hydroxyl groups is 2. The van der Waals surface area contributed by atoms with Crippen LogP contribution in [-0.4, -0.2) is 71.7 Å². The van der Waals surface area contributed by atoms with E-state index in [1.165, 1.54) is 30.2 Å². The third-order valence-corrected chi connectivity index (χ3v) is 7.44. The molecule has 0 unspecified atom stereocenters. The highest BCUT2D eigenvalue weighted by molar-refractivity contribution is 5.96. The first-order valence-corrected chi connectivity index (χ1v) is 13.6. The van der Waals surface area contributed by atoms with Gasteiger partial charge in [0.1, 0.15) is 24.3 Å². The normalized spacial score (nSPS) is 20.6. The van der Waals surface area contributed by atoms with E-state index in [0.29, 0.717) is 23.8 Å². The van der Waals surface area contributed by atoms with Crippen molar-refractivity contribution in [3.8, 4) is 11.5 Å². The van der Waals surface area contributed by atoms with Crippen molar-refractivity contribution in [2.75, 3.05) is 20.3 Å². The summed E-state index contributed by atoms with van der Waals surface area (Å²) in [6.45, 7) is 3.25. The van der Waals surface area contributed by atoms with E-state index in [1.54, 1.807) is 30.3 Å². The van der Waals surface area contributed by atoms with E-state index in [4.69, 9.17) is 9.47 Å². The number of benzene rings is 2. The topological polar surface area (TPSA) is 125 Å². The van der Waals surface area contributed by atoms with Gasteiger partial charge in [-0.25, -0.2) is 4.39 Å². The largest absolute Gasteiger partial charge is 0.493 e. The zero-order chi connectivity index (χ0) is 29.5. The number of amides is 2. The number of nitrogens with zero attached hydrogens (tertiary/aromatic N) is 1. The van der Waals surface area contributed by atoms with E-state index < -0.39 is 35.9 Å². The Kier molecular flexibility index (Phi) is 9.91. The highest BCUT2D eigenvalue weighted by atomic mass is 19.1. The van der Waals surface area contributed by atoms with Crippen molar-refractivity contribution in [2.45, 2.75) is 56.4 Å². The number of aliphatic hydroxyl groups excluding tert-OH is 2. The van der Waals surface area contributed by atoms with Crippen LogP contribution in [0.1, 0.15) is 53.1 Å². The number of hydrogen-bond donors (Lipinski definition) is 3. The monoisotopic (exact) mass is 566 g/mol. The molecule has 1 aliphatic heterocycles. The summed E-state index contributed by atoms with van der Waals surface area (Å²) in [4.78, 5) is 40.1. The van der Waals surface area contributed by atoms with E-state index in [2.05, 4.69) is 11.9 Å². The predicted molar refractivity (Wildman–Crippen MR) is 149 cm³/mol. The van der Waals surface area contributed by atoms with E-state index in [0.717, 1.165) is 12.8 Å². The van der Waals surface area contributed by atoms with E-state index in [1.807, 2.05) is 0 Å². The van der Waals surface area contributed by atoms with Crippen LogP contribution in [0.3, 0.4) is 0 Å². The Balaban J connectivity index is 1.79. The average molecular weight is 567 g/mol. The predicted octanol–water partition coefficient (Wildman–Crippen LogP) is 3.04. The Morgan fingerprint density at radius 3 is 2.71 bits per heavy atom. The summed E-state index contributed by atoms with van der Waals surface area (Å²) >= 11 is 0. The molecule has 2 aromatic rings. The second-order valence-corrected chi connectivity index (χ2v) is 10.0. The molecular formula is C31H35FN2O7. The Labute approximate surface area is 238 Å². The smallest absolute Gasteiger partial charge is 0.247 e. The van der Waals surface area contributed by atoms with Gasteiger partial charge in [0.15, 0.2) is 11.5 Å². The number of carbonyl (C=O) groups excluding carboxylic acids is 3. The van der Waals surface area contributed by atoms with Gasteiger partial charge < -0.3 is 29.9 Å². The van der Waals surface area contributed by atoms with Crippen molar-refractivity contribution in [3.63, 3.8) is 0 Å². The first-order chi connectivity index (χ1) is 19.8. The van der Waals surface area contributed by atoms with Crippen LogP contribution in [0.2, 0.25) is 0 Å². The van der Waals surface area contributed by atoms with Crippen molar-refractivity contribution in [1.82, 2.24) is 10.2 Å². The summed E-state index contributed by atoms with van der Waals surface area (Å²) < 4.78 is 26.4. The van der Waals surface area contributed by atoms with Gasteiger partial charge in [0, 0.05) is 41.8 Å². The van der Waals surface area contributed by atoms with Gasteiger partial charge in [-0.1, -0.05) is 24.3 Å². The van der Waals surface area contributed by atoms with E-state index >= 15 is 0 Å². The molecule has 4 rings (SSSR count). The maximum atomic E-state index is 14.7. The third kappa shape index (κ3) is 6.34. The van der Waals surface area contributed by atoms with Crippen LogP contribution in [-0.2, 0) is 16.1 Å². The maximum absolute atomic E-state index is 14.7. The van der Waals surface area contributed by atoms with Crippen molar-refractivity contribution < 1.29 is 38.5 Å². The Morgan fingerprint density at radius 1 is 1.24 bits per heavy atom. The molecule has 3 N–H and O–H groups in total. The van der Waals surface area contributed by atoms with Crippen LogP contribution in [0, 0.1) is 5.82 Å². The number of fused-ring (bicyclic) bond motifs is 3. The minimum absolute atomic E-state index is 0.0205. The molecule has 0 saturated carbocycles. The SMILES string of the molecule is C=CCCCCC(=O)N(Cc1ccccc1F)[C@@H]1C=C(C(=O)NCCO)[C@@H]2c3cc(C=O)cc(OC)c3O[C@@H]2[C@H]1O. The second-order valence-electron chi connectivity index (χ2n) is 10.0. The van der Waals surface area contributed by atoms with Gasteiger partial charge in [0.2, 0.25) is 11.8 Å². The van der Waals surface area contributed by atoms with Crippen molar-refractivity contribution >= 4 is 18.1 Å². The molecule has 0 bridgehead atoms. The molecule has 2 amide bonds. The number of halogens is 1. The Bertz CT molecular complexity index is 1330. The first-order valence-electron chi connectivity index (χ1n) is 13.6. The summed E-state index contributed by atoms with van der Waals surface area (Å²) in [6, 6.07) is 8.12. The zero-order valence-electron chi connectivity index (χ0n) is 22.9. The molecule has 2 aromatic carbocycles. The van der Waals surface area contributed by atoms with Crippen molar-refractivity contribution in [1.29, 1.82) is 0 Å². The van der Waals surface area contributed by atoms with Crippen LogP contribution < -0.4 is 14.8 Å². The number of hydrogen-bond acceptors (Lipinski definition) is 7. The van der Waals surface area contributed by atoms with Crippen molar-refractivity contribution in [3.05, 3.63) is 83.2 Å². The zero-order valence-corrected chi connectivity index (χ0v) is 22.9. The molecule has 1 aliphatic carbocycles. The molecule has 9 nitrogen and oxygen atoms in total. The van der Waals surface area contributed by atoms with Gasteiger partial charge in [-0.3, -0.25) is 14.4 Å². The molecule has 41 heavy (non-hydrogen) atoms. The number of ether oxygens (including phenoxy) is 2. The van der Waals surface area contributed by atoms with Gasteiger partial charge >= 0.3 is 0 Å². The van der Waals surface area contributed by atoms with Crippen LogP contribution in [0.25, 0.3) is 0 Å². The Hall–Kier alpha value is -4.02. The molecule has 0 aromatic heterocycles. The molecule has 4 atom stereocenters. The average Bonchev–Trinajstić information content (AvgIpc) is 3.37. The molecule has 2 aliphatic rings. The number of carbonyl (C=O) groups is 3. The van der Waals surface area contributed by atoms with Crippen LogP contribution in [0.15, 0.2) is 60.7 Å². The second kappa shape index (κ2) is 13.6. The van der Waals surface area contributed by atoms with E-state index in [9.17, 15) is 29.0 Å². The lowest BCUT2D eigenvalue weighted by atomic mass is 9.77. The number of allylic oxidation sites excluding steroid dienone is 1. The van der Waals surface area contributed by atoms with E-state index in [-0.39, 0.29) is 54.7 Å². The van der Waals surface area contributed by atoms with Gasteiger partial charge in [-0.05, 0) is 43.5 Å². The molecule has 218 valence electrons. The number of aldehydes is 1. The molecule has 1 heterocycles. The molecular weight excluding hydrogens is 531 g/mol. The number of unbranched alkanes of at least 4 members (excludes halogenated alkanes) is 2. The minimum Gasteiger partial charge on any atom is -0.493 e. The highest BCUT2D eigenvalue weighted by Crippen LogP contribution is 2.51. The number of rotatable bonds is 13. The summed E-state index contributed by atoms with van der Waals surface area (Å²) in [5.74, 6) is -1.59. The number of methoxy groups -OCH3 is 1. The van der Waals surface area contributed by atoms with Gasteiger partial charge in [-0.2, -0.15) is 0 Å². The minimum atomic E-state index is -1.31. The molecule has 10 heteroatoms. The van der Waals surface area contributed by atoms with Gasteiger partial charge in [0.05, 0.1) is 25.7 Å². The molecule has 0 spiro atoms. The van der Waals surface area contributed by atoms with Gasteiger partial charge in [0.25, 0.3) is 0 Å². The first kappa shape index (κ1) is 30.0. The fraction of sp³-hybridized carbons (Fsp3) is 0.387. The van der Waals surface area contributed by atoms with Crippen LogP contribution in [0.4, 0.5) is 4.39 Å². The lowest BCUT2D eigenvalue weighted by Crippen LogP contribution is -2.55. The standard InChI is InChI=1S/C31H35FN2O7/c1-3-4-5-6-11-26(37)34(17-20-9-7-8-10-23(20)32)24-16-22(31(39)33-12-13-35)27-21-14-19(18-36)15-25(40-2)29(21)41-30(27)28(24)38/h3,7-10,14-16,18,24,27-28,30,35,38H,1,4-6,11-13,17H2,2H3,(H,33,39)/t24-,27+,28+,30+/m1/s1. The summed E-state index contributed by atoms with van der Waals surface area (Å²) in [5.41, 5.74) is 1.23. The third-order valence-electron chi connectivity index (χ3n) is 7.44. The summed E-state index contributed by atoms with van der Waals surface area (Å²) in [7, 11) is 1.42. The summed E-state index contributed by atoms with van der Waals surface area (Å²) in [5, 5.41) is 23.7. The fourth-order valence-electron chi connectivity index (χ4n) is 5.44. The van der Waals surface area contributed by atoms with Crippen molar-refractivity contribution in [2.24, 2.45) is 0 Å². The highest BCUT2D eigenvalue weighted by Gasteiger charge is 2.51. The maximum Gasteiger partial charge on any atom is 0.247 e. The quantitative estimate of drug-likeness (QED) is 0.193. The summed E-state index contributed by atoms with van der Waals surface area (Å²) in [6.07, 6.45) is 3.80. The lowest BCUT2D eigenvalue weighted by Gasteiger charge is -2.41. The van der Waals surface area contributed by atoms with Crippen LogP contribution >= 0.6 is 0 Å².